The summed E-state index contributed by atoms with van der Waals surface area (Å²) >= 11 is 0. The summed E-state index contributed by atoms with van der Waals surface area (Å²) in [7, 11) is 1.94. The third-order valence-corrected chi connectivity index (χ3v) is 5.69. The number of halogens is 1. The number of nitrogens with zero attached hydrogens (tertiary/aromatic N) is 5. The number of aromatic nitrogens is 4. The standard InChI is InChI=1S/C23H28FN7O/c1-13(2)22-23(32)29-21-15(4)28-20(7-19(21)30(22)5)26-8-16-9-27-31(11-16)12-17-6-14(3)25-10-18(17)24/h6-7,9-11,13,22H,8,12H2,1-5H3,(H,26,28)(H,29,32). The molecule has 0 saturated carbocycles. The Balaban J connectivity index is 1.48. The molecule has 168 valence electrons. The first kappa shape index (κ1) is 21.7. The maximum absolute atomic E-state index is 14.0. The highest BCUT2D eigenvalue weighted by molar-refractivity contribution is 6.04. The molecule has 1 atom stereocenters. The number of anilines is 3. The van der Waals surface area contributed by atoms with Crippen molar-refractivity contribution >= 4 is 23.1 Å². The van der Waals surface area contributed by atoms with Crippen LogP contribution in [0.2, 0.25) is 0 Å². The molecule has 0 aliphatic carbocycles. The van der Waals surface area contributed by atoms with Gasteiger partial charge in [0.25, 0.3) is 0 Å². The van der Waals surface area contributed by atoms with Gasteiger partial charge in [0.05, 0.1) is 36.0 Å². The number of pyridine rings is 2. The largest absolute Gasteiger partial charge is 0.366 e. The van der Waals surface area contributed by atoms with Gasteiger partial charge in [0.2, 0.25) is 5.91 Å². The zero-order chi connectivity index (χ0) is 23.0. The second-order valence-electron chi connectivity index (χ2n) is 8.59. The van der Waals surface area contributed by atoms with E-state index in [1.54, 1.807) is 16.9 Å². The Hall–Kier alpha value is -3.49. The zero-order valence-electron chi connectivity index (χ0n) is 19.0. The average Bonchev–Trinajstić information content (AvgIpc) is 3.17. The van der Waals surface area contributed by atoms with Crippen LogP contribution in [0.15, 0.2) is 30.7 Å². The van der Waals surface area contributed by atoms with E-state index in [-0.39, 0.29) is 23.7 Å². The number of aryl methyl sites for hydroxylation is 2. The Kier molecular flexibility index (Phi) is 5.82. The first-order valence-electron chi connectivity index (χ1n) is 10.6. The Labute approximate surface area is 186 Å². The topological polar surface area (TPSA) is 88.0 Å². The number of nitrogens with one attached hydrogen (secondary N) is 2. The van der Waals surface area contributed by atoms with Gasteiger partial charge in [-0.3, -0.25) is 14.5 Å². The number of amides is 1. The van der Waals surface area contributed by atoms with Crippen molar-refractivity contribution in [2.45, 2.75) is 46.8 Å². The summed E-state index contributed by atoms with van der Waals surface area (Å²) in [5, 5.41) is 10.7. The summed E-state index contributed by atoms with van der Waals surface area (Å²) in [6, 6.07) is 3.46. The lowest BCUT2D eigenvalue weighted by molar-refractivity contribution is -0.118. The van der Waals surface area contributed by atoms with E-state index in [1.165, 1.54) is 6.20 Å². The van der Waals surface area contributed by atoms with Crippen molar-refractivity contribution in [1.82, 2.24) is 19.7 Å². The Morgan fingerprint density at radius 3 is 2.78 bits per heavy atom. The third-order valence-electron chi connectivity index (χ3n) is 5.69. The van der Waals surface area contributed by atoms with Gasteiger partial charge in [-0.25, -0.2) is 9.37 Å². The van der Waals surface area contributed by atoms with Gasteiger partial charge < -0.3 is 15.5 Å². The maximum Gasteiger partial charge on any atom is 0.247 e. The van der Waals surface area contributed by atoms with Gasteiger partial charge in [-0.1, -0.05) is 13.8 Å². The van der Waals surface area contributed by atoms with Crippen LogP contribution in [0.1, 0.15) is 36.4 Å². The molecular weight excluding hydrogens is 409 g/mol. The van der Waals surface area contributed by atoms with Crippen LogP contribution in [0.5, 0.6) is 0 Å². The van der Waals surface area contributed by atoms with Crippen molar-refractivity contribution < 1.29 is 9.18 Å². The van der Waals surface area contributed by atoms with Crippen molar-refractivity contribution in [3.8, 4) is 0 Å². The molecule has 4 heterocycles. The van der Waals surface area contributed by atoms with Gasteiger partial charge in [0, 0.05) is 42.7 Å². The number of rotatable bonds is 6. The molecule has 0 aromatic carbocycles. The maximum atomic E-state index is 14.0. The van der Waals surface area contributed by atoms with E-state index in [1.807, 2.05) is 51.9 Å². The van der Waals surface area contributed by atoms with Crippen LogP contribution in [0.3, 0.4) is 0 Å². The molecule has 3 aromatic rings. The average molecular weight is 438 g/mol. The highest BCUT2D eigenvalue weighted by Gasteiger charge is 2.34. The highest BCUT2D eigenvalue weighted by Crippen LogP contribution is 2.36. The van der Waals surface area contributed by atoms with E-state index >= 15 is 0 Å². The molecule has 1 aliphatic heterocycles. The minimum atomic E-state index is -0.338. The second kappa shape index (κ2) is 8.57. The molecule has 3 aromatic heterocycles. The summed E-state index contributed by atoms with van der Waals surface area (Å²) in [4.78, 5) is 23.1. The predicted molar refractivity (Wildman–Crippen MR) is 122 cm³/mol. The number of carbonyl (C=O) groups excluding carboxylic acids is 1. The molecule has 2 N–H and O–H groups in total. The fraction of sp³-hybridized carbons (Fsp3) is 0.391. The molecule has 1 aliphatic rings. The monoisotopic (exact) mass is 437 g/mol. The fourth-order valence-electron chi connectivity index (χ4n) is 4.12. The van der Waals surface area contributed by atoms with Gasteiger partial charge >= 0.3 is 0 Å². The van der Waals surface area contributed by atoms with Crippen LogP contribution in [0, 0.1) is 25.6 Å². The second-order valence-corrected chi connectivity index (χ2v) is 8.59. The minimum Gasteiger partial charge on any atom is -0.366 e. The summed E-state index contributed by atoms with van der Waals surface area (Å²) < 4.78 is 15.7. The first-order chi connectivity index (χ1) is 15.2. The first-order valence-corrected chi connectivity index (χ1v) is 10.6. The molecule has 1 amide bonds. The Morgan fingerprint density at radius 2 is 2.03 bits per heavy atom. The molecule has 0 bridgehead atoms. The fourth-order valence-corrected chi connectivity index (χ4v) is 4.12. The number of hydrogen-bond acceptors (Lipinski definition) is 6. The number of likely N-dealkylation sites (N-methyl/N-ethyl adjacent to an activating group) is 1. The van der Waals surface area contributed by atoms with Crippen LogP contribution < -0.4 is 15.5 Å². The summed E-state index contributed by atoms with van der Waals surface area (Å²) in [5.41, 5.74) is 4.73. The van der Waals surface area contributed by atoms with Crippen LogP contribution in [0.4, 0.5) is 21.6 Å². The van der Waals surface area contributed by atoms with E-state index in [0.29, 0.717) is 18.7 Å². The third kappa shape index (κ3) is 4.28. The van der Waals surface area contributed by atoms with Crippen LogP contribution >= 0.6 is 0 Å². The van der Waals surface area contributed by atoms with Crippen molar-refractivity contribution in [1.29, 1.82) is 0 Å². The highest BCUT2D eigenvalue weighted by atomic mass is 19.1. The molecule has 4 rings (SSSR count). The SMILES string of the molecule is Cc1cc(Cn2cc(CNc3cc4c(c(C)n3)NC(=O)C(C(C)C)N4C)cn2)c(F)cn1. The Bertz CT molecular complexity index is 1160. The summed E-state index contributed by atoms with van der Waals surface area (Å²) in [6.07, 6.45) is 4.88. The minimum absolute atomic E-state index is 0.00569. The summed E-state index contributed by atoms with van der Waals surface area (Å²) in [6.45, 7) is 8.66. The Morgan fingerprint density at radius 1 is 1.25 bits per heavy atom. The number of fused-ring (bicyclic) bond motifs is 1. The molecular formula is C23H28FN7O. The molecule has 9 heteroatoms. The van der Waals surface area contributed by atoms with Gasteiger partial charge in [0.1, 0.15) is 17.7 Å². The van der Waals surface area contributed by atoms with Gasteiger partial charge in [-0.2, -0.15) is 5.10 Å². The lowest BCUT2D eigenvalue weighted by Gasteiger charge is -2.38. The van der Waals surface area contributed by atoms with Crippen molar-refractivity contribution in [3.63, 3.8) is 0 Å². The van der Waals surface area contributed by atoms with Crippen molar-refractivity contribution in [3.05, 3.63) is 59.1 Å². The smallest absolute Gasteiger partial charge is 0.247 e. The van der Waals surface area contributed by atoms with E-state index in [2.05, 4.69) is 25.7 Å². The van der Waals surface area contributed by atoms with Gasteiger partial charge in [-0.05, 0) is 25.8 Å². The zero-order valence-corrected chi connectivity index (χ0v) is 19.0. The predicted octanol–water partition coefficient (Wildman–Crippen LogP) is 3.50. The van der Waals surface area contributed by atoms with E-state index in [4.69, 9.17) is 0 Å². The quantitative estimate of drug-likeness (QED) is 0.614. The van der Waals surface area contributed by atoms with E-state index in [9.17, 15) is 9.18 Å². The molecule has 0 spiro atoms. The van der Waals surface area contributed by atoms with Gasteiger partial charge in [0.15, 0.2) is 0 Å². The number of carbonyl (C=O) groups is 1. The lowest BCUT2D eigenvalue weighted by atomic mass is 9.98. The van der Waals surface area contributed by atoms with Gasteiger partial charge in [-0.15, -0.1) is 0 Å². The van der Waals surface area contributed by atoms with Crippen molar-refractivity contribution in [2.75, 3.05) is 22.6 Å². The van der Waals surface area contributed by atoms with E-state index < -0.39 is 0 Å². The molecule has 0 saturated heterocycles. The summed E-state index contributed by atoms with van der Waals surface area (Å²) in [5.74, 6) is 0.553. The lowest BCUT2D eigenvalue weighted by Crippen LogP contribution is -2.49. The van der Waals surface area contributed by atoms with E-state index in [0.717, 1.165) is 34.1 Å². The van der Waals surface area contributed by atoms with Crippen molar-refractivity contribution in [2.24, 2.45) is 5.92 Å². The normalized spacial score (nSPS) is 15.7. The number of hydrogen-bond donors (Lipinski definition) is 2. The molecule has 8 nitrogen and oxygen atoms in total. The van der Waals surface area contributed by atoms with Crippen LogP contribution in [-0.4, -0.2) is 38.7 Å². The molecule has 0 fully saturated rings. The van der Waals surface area contributed by atoms with Crippen LogP contribution in [0.25, 0.3) is 0 Å². The molecule has 32 heavy (non-hydrogen) atoms. The molecule has 0 radical (unpaired) electrons. The van der Waals surface area contributed by atoms with Crippen LogP contribution in [-0.2, 0) is 17.9 Å². The molecule has 1 unspecified atom stereocenters.